The van der Waals surface area contributed by atoms with Crippen LogP contribution in [0.15, 0.2) is 36.5 Å². The third-order valence-electron chi connectivity index (χ3n) is 3.75. The minimum atomic E-state index is 0.509. The minimum Gasteiger partial charge on any atom is -0.352 e. The Labute approximate surface area is 118 Å². The molecule has 2 aromatic heterocycles. The summed E-state index contributed by atoms with van der Waals surface area (Å²) < 4.78 is 0. The van der Waals surface area contributed by atoms with Gasteiger partial charge in [0.15, 0.2) is 5.82 Å². The molecule has 104 valence electrons. The SMILES string of the molecule is NCCC1CCCN1c1ccc(-c2ccccn2)nn1. The fourth-order valence-electron chi connectivity index (χ4n) is 2.76. The highest BCUT2D eigenvalue weighted by molar-refractivity contribution is 5.55. The van der Waals surface area contributed by atoms with E-state index in [9.17, 15) is 0 Å². The van der Waals surface area contributed by atoms with Crippen LogP contribution < -0.4 is 10.6 Å². The van der Waals surface area contributed by atoms with Gasteiger partial charge in [0.05, 0.1) is 5.69 Å². The van der Waals surface area contributed by atoms with E-state index in [1.165, 1.54) is 12.8 Å². The van der Waals surface area contributed by atoms with Crippen molar-refractivity contribution in [2.24, 2.45) is 5.73 Å². The number of aromatic nitrogens is 3. The van der Waals surface area contributed by atoms with Crippen LogP contribution in [-0.2, 0) is 0 Å². The van der Waals surface area contributed by atoms with Crippen LogP contribution in [0.5, 0.6) is 0 Å². The normalized spacial score (nSPS) is 18.4. The van der Waals surface area contributed by atoms with E-state index in [-0.39, 0.29) is 0 Å². The van der Waals surface area contributed by atoms with Crippen LogP contribution in [-0.4, -0.2) is 34.3 Å². The highest BCUT2D eigenvalue weighted by Crippen LogP contribution is 2.25. The largest absolute Gasteiger partial charge is 0.352 e. The van der Waals surface area contributed by atoms with Crippen molar-refractivity contribution >= 4 is 5.82 Å². The maximum absolute atomic E-state index is 5.68. The van der Waals surface area contributed by atoms with E-state index in [4.69, 9.17) is 5.73 Å². The first kappa shape index (κ1) is 13.0. The van der Waals surface area contributed by atoms with Crippen molar-refractivity contribution < 1.29 is 0 Å². The maximum atomic E-state index is 5.68. The number of rotatable bonds is 4. The van der Waals surface area contributed by atoms with E-state index in [0.29, 0.717) is 6.04 Å². The highest BCUT2D eigenvalue weighted by Gasteiger charge is 2.25. The molecule has 2 N–H and O–H groups in total. The lowest BCUT2D eigenvalue weighted by molar-refractivity contribution is 0.612. The number of hydrogen-bond acceptors (Lipinski definition) is 5. The topological polar surface area (TPSA) is 67.9 Å². The zero-order valence-electron chi connectivity index (χ0n) is 11.4. The fourth-order valence-corrected chi connectivity index (χ4v) is 2.76. The van der Waals surface area contributed by atoms with E-state index in [0.717, 1.165) is 36.7 Å². The first-order valence-corrected chi connectivity index (χ1v) is 7.10. The Morgan fingerprint density at radius 2 is 2.10 bits per heavy atom. The summed E-state index contributed by atoms with van der Waals surface area (Å²) in [4.78, 5) is 6.61. The van der Waals surface area contributed by atoms with Gasteiger partial charge in [0, 0.05) is 18.8 Å². The molecular weight excluding hydrogens is 250 g/mol. The molecule has 0 saturated carbocycles. The van der Waals surface area contributed by atoms with Crippen molar-refractivity contribution in [2.45, 2.75) is 25.3 Å². The van der Waals surface area contributed by atoms with Gasteiger partial charge in [0.1, 0.15) is 5.69 Å². The van der Waals surface area contributed by atoms with Crippen LogP contribution in [0.4, 0.5) is 5.82 Å². The second-order valence-electron chi connectivity index (χ2n) is 5.06. The van der Waals surface area contributed by atoms with E-state index in [1.54, 1.807) is 6.20 Å². The Bertz CT molecular complexity index is 540. The Morgan fingerprint density at radius 1 is 1.15 bits per heavy atom. The zero-order chi connectivity index (χ0) is 13.8. The molecule has 1 fully saturated rings. The first-order chi connectivity index (χ1) is 9.88. The summed E-state index contributed by atoms with van der Waals surface area (Å²) in [6, 6.07) is 10.3. The van der Waals surface area contributed by atoms with Gasteiger partial charge >= 0.3 is 0 Å². The molecule has 0 aliphatic carbocycles. The lowest BCUT2D eigenvalue weighted by Gasteiger charge is -2.24. The predicted octanol–water partition coefficient (Wildman–Crippen LogP) is 1.86. The van der Waals surface area contributed by atoms with Gasteiger partial charge in [-0.25, -0.2) is 0 Å². The van der Waals surface area contributed by atoms with Gasteiger partial charge < -0.3 is 10.6 Å². The summed E-state index contributed by atoms with van der Waals surface area (Å²) in [6.45, 7) is 1.77. The molecule has 0 amide bonds. The summed E-state index contributed by atoms with van der Waals surface area (Å²) >= 11 is 0. The number of nitrogens with zero attached hydrogens (tertiary/aromatic N) is 4. The summed E-state index contributed by atoms with van der Waals surface area (Å²) in [7, 11) is 0. The molecule has 0 spiro atoms. The maximum Gasteiger partial charge on any atom is 0.151 e. The van der Waals surface area contributed by atoms with E-state index in [1.807, 2.05) is 30.3 Å². The van der Waals surface area contributed by atoms with E-state index in [2.05, 4.69) is 20.1 Å². The van der Waals surface area contributed by atoms with Crippen LogP contribution in [0, 0.1) is 0 Å². The molecule has 0 aromatic carbocycles. The minimum absolute atomic E-state index is 0.509. The third kappa shape index (κ3) is 2.63. The van der Waals surface area contributed by atoms with Gasteiger partial charge in [-0.1, -0.05) is 6.07 Å². The number of anilines is 1. The van der Waals surface area contributed by atoms with Gasteiger partial charge in [-0.05, 0) is 50.1 Å². The number of hydrogen-bond donors (Lipinski definition) is 1. The standard InChI is InChI=1S/C15H19N5/c16-9-8-12-4-3-11-20(12)15-7-6-14(18-19-15)13-5-1-2-10-17-13/h1-2,5-7,10,12H,3-4,8-9,11,16H2. The summed E-state index contributed by atoms with van der Waals surface area (Å²) in [6.07, 6.45) is 5.18. The number of nitrogens with two attached hydrogens (primary N) is 1. The Hall–Kier alpha value is -2.01. The van der Waals surface area contributed by atoms with Gasteiger partial charge in [-0.2, -0.15) is 0 Å². The van der Waals surface area contributed by atoms with Crippen molar-refractivity contribution in [1.29, 1.82) is 0 Å². The van der Waals surface area contributed by atoms with Crippen LogP contribution >= 0.6 is 0 Å². The Morgan fingerprint density at radius 3 is 2.80 bits per heavy atom. The average Bonchev–Trinajstić information content (AvgIpc) is 2.97. The molecule has 3 rings (SSSR count). The van der Waals surface area contributed by atoms with Gasteiger partial charge in [0.25, 0.3) is 0 Å². The first-order valence-electron chi connectivity index (χ1n) is 7.10. The quantitative estimate of drug-likeness (QED) is 0.917. The molecule has 2 aromatic rings. The molecular formula is C15H19N5. The molecule has 1 atom stereocenters. The molecule has 0 radical (unpaired) electrons. The molecule has 1 saturated heterocycles. The molecule has 5 nitrogen and oxygen atoms in total. The zero-order valence-corrected chi connectivity index (χ0v) is 11.4. The predicted molar refractivity (Wildman–Crippen MR) is 79.3 cm³/mol. The molecule has 1 aliphatic rings. The fraction of sp³-hybridized carbons (Fsp3) is 0.400. The number of pyridine rings is 1. The van der Waals surface area contributed by atoms with Gasteiger partial charge in [-0.3, -0.25) is 4.98 Å². The van der Waals surface area contributed by atoms with Crippen molar-refractivity contribution in [2.75, 3.05) is 18.0 Å². The van der Waals surface area contributed by atoms with E-state index >= 15 is 0 Å². The van der Waals surface area contributed by atoms with Crippen LogP contribution in [0.3, 0.4) is 0 Å². The molecule has 20 heavy (non-hydrogen) atoms. The second-order valence-corrected chi connectivity index (χ2v) is 5.06. The van der Waals surface area contributed by atoms with Crippen molar-refractivity contribution in [3.05, 3.63) is 36.5 Å². The van der Waals surface area contributed by atoms with Crippen molar-refractivity contribution in [3.63, 3.8) is 0 Å². The Kier molecular flexibility index (Phi) is 3.87. The monoisotopic (exact) mass is 269 g/mol. The van der Waals surface area contributed by atoms with Gasteiger partial charge in [-0.15, -0.1) is 10.2 Å². The van der Waals surface area contributed by atoms with Crippen LogP contribution in [0.25, 0.3) is 11.4 Å². The third-order valence-corrected chi connectivity index (χ3v) is 3.75. The van der Waals surface area contributed by atoms with Crippen molar-refractivity contribution in [1.82, 2.24) is 15.2 Å². The lowest BCUT2D eigenvalue weighted by atomic mass is 10.1. The molecule has 1 unspecified atom stereocenters. The smallest absolute Gasteiger partial charge is 0.151 e. The summed E-state index contributed by atoms with van der Waals surface area (Å²) in [5, 5.41) is 8.67. The molecule has 1 aliphatic heterocycles. The average molecular weight is 269 g/mol. The lowest BCUT2D eigenvalue weighted by Crippen LogP contribution is -2.31. The van der Waals surface area contributed by atoms with Crippen LogP contribution in [0.2, 0.25) is 0 Å². The van der Waals surface area contributed by atoms with E-state index < -0.39 is 0 Å². The van der Waals surface area contributed by atoms with Gasteiger partial charge in [0.2, 0.25) is 0 Å². The Balaban J connectivity index is 1.79. The summed E-state index contributed by atoms with van der Waals surface area (Å²) in [5.41, 5.74) is 7.34. The second kappa shape index (κ2) is 5.96. The summed E-state index contributed by atoms with van der Waals surface area (Å²) in [5.74, 6) is 0.945. The van der Waals surface area contributed by atoms with Crippen molar-refractivity contribution in [3.8, 4) is 11.4 Å². The molecule has 0 bridgehead atoms. The molecule has 3 heterocycles. The van der Waals surface area contributed by atoms with Crippen LogP contribution in [0.1, 0.15) is 19.3 Å². The highest BCUT2D eigenvalue weighted by atomic mass is 15.3. The molecule has 5 heteroatoms.